The van der Waals surface area contributed by atoms with Crippen molar-refractivity contribution in [2.75, 3.05) is 13.1 Å². The summed E-state index contributed by atoms with van der Waals surface area (Å²) in [5.41, 5.74) is 0. The molecule has 0 spiro atoms. The minimum Gasteiger partial charge on any atom is -0.480 e. The van der Waals surface area contributed by atoms with Crippen LogP contribution in [0.5, 0.6) is 0 Å². The van der Waals surface area contributed by atoms with Gasteiger partial charge in [0.25, 0.3) is 0 Å². The smallest absolute Gasteiger partial charge is 0.325 e. The maximum atomic E-state index is 12.9. The van der Waals surface area contributed by atoms with Gasteiger partial charge in [0.1, 0.15) is 24.2 Å². The average Bonchev–Trinajstić information content (AvgIpc) is 3.42. The molecule has 2 rings (SSSR count). The van der Waals surface area contributed by atoms with Crippen molar-refractivity contribution < 1.29 is 34.2 Å². The summed E-state index contributed by atoms with van der Waals surface area (Å²) < 4.78 is 0. The first-order valence-corrected chi connectivity index (χ1v) is 10.9. The predicted octanol–water partition coefficient (Wildman–Crippen LogP) is -2.31. The number of carbonyl (C=O) groups is 5. The number of carboxylic acid groups (broad SMARTS) is 1. The van der Waals surface area contributed by atoms with Crippen LogP contribution in [-0.4, -0.2) is 94.1 Å². The number of aliphatic carboxylic acids is 1. The Labute approximate surface area is 186 Å². The summed E-state index contributed by atoms with van der Waals surface area (Å²) in [7, 11) is 0. The molecule has 2 aliphatic rings. The number of likely N-dealkylation sites (tertiary alicyclic amines) is 1. The number of rotatable bonds is 9. The first kappa shape index (κ1) is 25.5. The second-order valence-electron chi connectivity index (χ2n) is 8.36. The molecule has 6 N–H and O–H groups in total. The lowest BCUT2D eigenvalue weighted by molar-refractivity contribution is -0.144. The van der Waals surface area contributed by atoms with Gasteiger partial charge in [-0.05, 0) is 53.0 Å². The molecule has 32 heavy (non-hydrogen) atoms. The van der Waals surface area contributed by atoms with Crippen LogP contribution in [0.2, 0.25) is 0 Å². The Bertz CT molecular complexity index is 738. The van der Waals surface area contributed by atoms with Crippen LogP contribution in [0.15, 0.2) is 0 Å². The molecule has 0 saturated carbocycles. The molecule has 0 aromatic heterocycles. The maximum Gasteiger partial charge on any atom is 0.325 e. The Morgan fingerprint density at radius 3 is 2.19 bits per heavy atom. The maximum absolute atomic E-state index is 12.9. The van der Waals surface area contributed by atoms with Gasteiger partial charge in [-0.2, -0.15) is 0 Å². The second kappa shape index (κ2) is 11.2. The van der Waals surface area contributed by atoms with E-state index in [1.807, 2.05) is 0 Å². The molecule has 2 aliphatic heterocycles. The van der Waals surface area contributed by atoms with E-state index in [0.29, 0.717) is 32.4 Å². The first-order valence-electron chi connectivity index (χ1n) is 10.9. The van der Waals surface area contributed by atoms with Gasteiger partial charge >= 0.3 is 5.97 Å². The van der Waals surface area contributed by atoms with Crippen LogP contribution in [0.25, 0.3) is 0 Å². The molecule has 0 aliphatic carbocycles. The highest BCUT2D eigenvalue weighted by Gasteiger charge is 2.38. The van der Waals surface area contributed by atoms with Crippen LogP contribution in [0, 0.1) is 0 Å². The highest BCUT2D eigenvalue weighted by molar-refractivity contribution is 5.95. The van der Waals surface area contributed by atoms with Gasteiger partial charge < -0.3 is 36.4 Å². The highest BCUT2D eigenvalue weighted by atomic mass is 16.4. The number of amides is 4. The monoisotopic (exact) mass is 455 g/mol. The van der Waals surface area contributed by atoms with Crippen LogP contribution in [0.4, 0.5) is 0 Å². The van der Waals surface area contributed by atoms with E-state index in [1.54, 1.807) is 0 Å². The van der Waals surface area contributed by atoms with Gasteiger partial charge in [-0.3, -0.25) is 24.0 Å². The lowest BCUT2D eigenvalue weighted by atomic mass is 10.1. The molecule has 0 bridgehead atoms. The van der Waals surface area contributed by atoms with Gasteiger partial charge in [0.2, 0.25) is 23.6 Å². The summed E-state index contributed by atoms with van der Waals surface area (Å²) in [4.78, 5) is 62.6. The van der Waals surface area contributed by atoms with Crippen molar-refractivity contribution in [2.45, 2.75) is 82.8 Å². The van der Waals surface area contributed by atoms with Crippen LogP contribution in [-0.2, 0) is 24.0 Å². The lowest BCUT2D eigenvalue weighted by Crippen LogP contribution is -2.59. The molecule has 4 amide bonds. The van der Waals surface area contributed by atoms with Gasteiger partial charge in [-0.25, -0.2) is 0 Å². The quantitative estimate of drug-likeness (QED) is 0.225. The van der Waals surface area contributed by atoms with Crippen LogP contribution in [0.3, 0.4) is 0 Å². The summed E-state index contributed by atoms with van der Waals surface area (Å²) in [6.07, 6.45) is 1.22. The second-order valence-corrected chi connectivity index (χ2v) is 8.36. The summed E-state index contributed by atoms with van der Waals surface area (Å²) >= 11 is 0. The minimum atomic E-state index is -1.24. The van der Waals surface area contributed by atoms with Crippen LogP contribution >= 0.6 is 0 Å². The van der Waals surface area contributed by atoms with Crippen LogP contribution < -0.4 is 21.3 Å². The number of carboxylic acids is 1. The Morgan fingerprint density at radius 1 is 0.938 bits per heavy atom. The summed E-state index contributed by atoms with van der Waals surface area (Å²) in [6, 6.07) is -4.61. The molecule has 12 nitrogen and oxygen atoms in total. The predicted molar refractivity (Wildman–Crippen MR) is 112 cm³/mol. The topological polar surface area (TPSA) is 177 Å². The van der Waals surface area contributed by atoms with Crippen molar-refractivity contribution >= 4 is 29.6 Å². The molecular weight excluding hydrogens is 422 g/mol. The fourth-order valence-electron chi connectivity index (χ4n) is 3.86. The normalized spacial score (nSPS) is 24.2. The van der Waals surface area contributed by atoms with Crippen molar-refractivity contribution in [2.24, 2.45) is 0 Å². The fraction of sp³-hybridized carbons (Fsp3) is 0.750. The molecule has 12 heteroatoms. The summed E-state index contributed by atoms with van der Waals surface area (Å²) in [5.74, 6) is -3.37. The molecule has 2 saturated heterocycles. The fourth-order valence-corrected chi connectivity index (χ4v) is 3.86. The third kappa shape index (κ3) is 6.39. The molecule has 2 heterocycles. The standard InChI is InChI=1S/C20H33N5O7/c1-10(19(30)25-9-5-7-14(25)17(28)23-11(2)20(31)32)22-18(29)15(12(3)26)24-16(27)13-6-4-8-21-13/h10-15,21,26H,4-9H2,1-3H3,(H,22,29)(H,23,28)(H,24,27)(H,31,32)/t10-,11-,12+,13-,14-,15-/m0/s1. The zero-order valence-electron chi connectivity index (χ0n) is 18.6. The molecular formula is C20H33N5O7. The SMILES string of the molecule is C[C@H](NC(=O)[C@@H]1CCCN1C(=O)[C@H](C)NC(=O)[C@@H](NC(=O)[C@@H]1CCCN1)[C@@H](C)O)C(=O)O. The number of nitrogens with one attached hydrogen (secondary N) is 4. The van der Waals surface area contributed by atoms with E-state index in [-0.39, 0.29) is 0 Å². The molecule has 0 radical (unpaired) electrons. The molecule has 2 fully saturated rings. The van der Waals surface area contributed by atoms with E-state index in [0.717, 1.165) is 6.42 Å². The third-order valence-electron chi connectivity index (χ3n) is 5.74. The van der Waals surface area contributed by atoms with Gasteiger partial charge in [0.15, 0.2) is 0 Å². The van der Waals surface area contributed by atoms with Crippen LogP contribution in [0.1, 0.15) is 46.5 Å². The number of nitrogens with zero attached hydrogens (tertiary/aromatic N) is 1. The Kier molecular flexibility index (Phi) is 8.96. The molecule has 180 valence electrons. The zero-order valence-corrected chi connectivity index (χ0v) is 18.6. The minimum absolute atomic E-state index is 0.294. The van der Waals surface area contributed by atoms with Crippen molar-refractivity contribution in [3.8, 4) is 0 Å². The molecule has 6 atom stereocenters. The van der Waals surface area contributed by atoms with E-state index < -0.39 is 65.9 Å². The van der Waals surface area contributed by atoms with Crippen molar-refractivity contribution in [3.05, 3.63) is 0 Å². The zero-order chi connectivity index (χ0) is 24.0. The van der Waals surface area contributed by atoms with Crippen molar-refractivity contribution in [3.63, 3.8) is 0 Å². The Morgan fingerprint density at radius 2 is 1.62 bits per heavy atom. The number of aliphatic hydroxyl groups excluding tert-OH is 1. The first-order chi connectivity index (χ1) is 15.0. The summed E-state index contributed by atoms with van der Waals surface area (Å²) in [6.45, 7) is 5.14. The number of hydrogen-bond acceptors (Lipinski definition) is 7. The lowest BCUT2D eigenvalue weighted by Gasteiger charge is -2.29. The molecule has 0 aromatic rings. The van der Waals surface area contributed by atoms with E-state index in [2.05, 4.69) is 21.3 Å². The molecule has 0 aromatic carbocycles. The Hall–Kier alpha value is -2.73. The Balaban J connectivity index is 1.97. The van der Waals surface area contributed by atoms with Gasteiger partial charge in [-0.15, -0.1) is 0 Å². The van der Waals surface area contributed by atoms with Gasteiger partial charge in [0, 0.05) is 6.54 Å². The number of hydrogen-bond donors (Lipinski definition) is 6. The van der Waals surface area contributed by atoms with E-state index >= 15 is 0 Å². The number of carbonyl (C=O) groups excluding carboxylic acids is 4. The third-order valence-corrected chi connectivity index (χ3v) is 5.74. The average molecular weight is 456 g/mol. The van der Waals surface area contributed by atoms with Gasteiger partial charge in [-0.1, -0.05) is 0 Å². The summed E-state index contributed by atoms with van der Waals surface area (Å²) in [5, 5.41) is 29.4. The van der Waals surface area contributed by atoms with Gasteiger partial charge in [0.05, 0.1) is 12.1 Å². The largest absolute Gasteiger partial charge is 0.480 e. The van der Waals surface area contributed by atoms with E-state index in [9.17, 15) is 29.1 Å². The molecule has 0 unspecified atom stereocenters. The van der Waals surface area contributed by atoms with E-state index in [1.165, 1.54) is 25.7 Å². The van der Waals surface area contributed by atoms with Crippen molar-refractivity contribution in [1.82, 2.24) is 26.2 Å². The van der Waals surface area contributed by atoms with Crippen molar-refractivity contribution in [1.29, 1.82) is 0 Å². The number of aliphatic hydroxyl groups is 1. The highest BCUT2D eigenvalue weighted by Crippen LogP contribution is 2.19. The van der Waals surface area contributed by atoms with E-state index in [4.69, 9.17) is 5.11 Å².